The molecule has 6 nitrogen and oxygen atoms in total. The molecule has 22 heavy (non-hydrogen) atoms. The monoisotopic (exact) mass is 299 g/mol. The van der Waals surface area contributed by atoms with Gasteiger partial charge in [-0.05, 0) is 29.8 Å². The molecule has 0 aliphatic heterocycles. The van der Waals surface area contributed by atoms with E-state index in [-0.39, 0.29) is 11.5 Å². The third-order valence-electron chi connectivity index (χ3n) is 2.95. The van der Waals surface area contributed by atoms with Crippen LogP contribution in [-0.2, 0) is 11.3 Å². The van der Waals surface area contributed by atoms with E-state index in [9.17, 15) is 9.59 Å². The highest BCUT2D eigenvalue weighted by Gasteiger charge is 1.98. The highest BCUT2D eigenvalue weighted by atomic mass is 16.5. The van der Waals surface area contributed by atoms with Crippen molar-refractivity contribution in [1.29, 1.82) is 0 Å². The van der Waals surface area contributed by atoms with Crippen molar-refractivity contribution in [3.63, 3.8) is 0 Å². The van der Waals surface area contributed by atoms with Crippen LogP contribution in [0.3, 0.4) is 0 Å². The standard InChI is InChI=1S/C16H17N3O3/c1-22-14-7-4-13(5-8-14)6-9-15(20)17-11-12-19-16(21)3-2-10-18-19/h2-10H,11-12H2,1H3,(H,17,20)/b9-6+. The van der Waals surface area contributed by atoms with E-state index in [1.807, 2.05) is 24.3 Å². The van der Waals surface area contributed by atoms with Gasteiger partial charge in [0.1, 0.15) is 5.75 Å². The molecule has 0 fully saturated rings. The van der Waals surface area contributed by atoms with Crippen molar-refractivity contribution >= 4 is 12.0 Å². The van der Waals surface area contributed by atoms with Gasteiger partial charge in [0, 0.05) is 24.9 Å². The molecule has 0 atom stereocenters. The summed E-state index contributed by atoms with van der Waals surface area (Å²) in [5, 5.41) is 6.61. The minimum absolute atomic E-state index is 0.189. The highest BCUT2D eigenvalue weighted by Crippen LogP contribution is 2.12. The molecule has 1 heterocycles. The SMILES string of the molecule is COc1ccc(/C=C/C(=O)NCCn2ncccc2=O)cc1. The Morgan fingerprint density at radius 1 is 1.32 bits per heavy atom. The Kier molecular flexibility index (Phi) is 5.48. The number of benzene rings is 1. The predicted octanol–water partition coefficient (Wildman–Crippen LogP) is 1.08. The van der Waals surface area contributed by atoms with E-state index in [2.05, 4.69) is 10.4 Å². The van der Waals surface area contributed by atoms with Crippen molar-refractivity contribution in [1.82, 2.24) is 15.1 Å². The molecule has 2 rings (SSSR count). The first-order chi connectivity index (χ1) is 10.7. The average Bonchev–Trinajstić information content (AvgIpc) is 2.55. The zero-order valence-corrected chi connectivity index (χ0v) is 12.2. The van der Waals surface area contributed by atoms with E-state index in [1.54, 1.807) is 19.3 Å². The summed E-state index contributed by atoms with van der Waals surface area (Å²) in [6, 6.07) is 10.4. The molecule has 6 heteroatoms. The second-order valence-corrected chi connectivity index (χ2v) is 4.48. The predicted molar refractivity (Wildman–Crippen MR) is 83.5 cm³/mol. The van der Waals surface area contributed by atoms with Crippen LogP contribution in [-0.4, -0.2) is 29.3 Å². The number of rotatable bonds is 6. The number of nitrogens with zero attached hydrogens (tertiary/aromatic N) is 2. The minimum Gasteiger partial charge on any atom is -0.497 e. The Morgan fingerprint density at radius 2 is 2.09 bits per heavy atom. The number of aromatic nitrogens is 2. The molecule has 0 unspecified atom stereocenters. The molecule has 0 saturated carbocycles. The number of amides is 1. The summed E-state index contributed by atoms with van der Waals surface area (Å²) in [5.74, 6) is 0.544. The Bertz CT molecular complexity index is 705. The Labute approximate surface area is 128 Å². The molecule has 0 bridgehead atoms. The van der Waals surface area contributed by atoms with Crippen LogP contribution in [0.2, 0.25) is 0 Å². The summed E-state index contributed by atoms with van der Waals surface area (Å²) in [5.41, 5.74) is 0.711. The lowest BCUT2D eigenvalue weighted by molar-refractivity contribution is -0.116. The Balaban J connectivity index is 1.81. The zero-order valence-electron chi connectivity index (χ0n) is 12.2. The topological polar surface area (TPSA) is 73.2 Å². The molecule has 0 radical (unpaired) electrons. The van der Waals surface area contributed by atoms with E-state index in [0.717, 1.165) is 11.3 Å². The van der Waals surface area contributed by atoms with Gasteiger partial charge in [0.2, 0.25) is 5.91 Å². The van der Waals surface area contributed by atoms with Gasteiger partial charge in [0.05, 0.1) is 13.7 Å². The summed E-state index contributed by atoms with van der Waals surface area (Å²) in [7, 11) is 1.60. The summed E-state index contributed by atoms with van der Waals surface area (Å²) in [6.45, 7) is 0.671. The largest absolute Gasteiger partial charge is 0.497 e. The first-order valence-electron chi connectivity index (χ1n) is 6.81. The van der Waals surface area contributed by atoms with Crippen molar-refractivity contribution in [2.24, 2.45) is 0 Å². The second-order valence-electron chi connectivity index (χ2n) is 4.48. The van der Waals surface area contributed by atoms with E-state index in [0.29, 0.717) is 13.1 Å². The maximum Gasteiger partial charge on any atom is 0.266 e. The molecule has 0 spiro atoms. The molecule has 1 N–H and O–H groups in total. The van der Waals surface area contributed by atoms with Gasteiger partial charge in [-0.2, -0.15) is 5.10 Å². The van der Waals surface area contributed by atoms with Gasteiger partial charge >= 0.3 is 0 Å². The van der Waals surface area contributed by atoms with Crippen LogP contribution in [0, 0.1) is 0 Å². The Hall–Kier alpha value is -2.89. The van der Waals surface area contributed by atoms with Crippen LogP contribution < -0.4 is 15.6 Å². The smallest absolute Gasteiger partial charge is 0.266 e. The average molecular weight is 299 g/mol. The summed E-state index contributed by atoms with van der Waals surface area (Å²) < 4.78 is 6.36. The number of ether oxygens (including phenoxy) is 1. The van der Waals surface area contributed by atoms with Crippen LogP contribution >= 0.6 is 0 Å². The third-order valence-corrected chi connectivity index (χ3v) is 2.95. The van der Waals surface area contributed by atoms with Crippen molar-refractivity contribution in [3.8, 4) is 5.75 Å². The van der Waals surface area contributed by atoms with Gasteiger partial charge in [-0.3, -0.25) is 9.59 Å². The Morgan fingerprint density at radius 3 is 2.77 bits per heavy atom. The van der Waals surface area contributed by atoms with Crippen molar-refractivity contribution in [2.45, 2.75) is 6.54 Å². The lowest BCUT2D eigenvalue weighted by Gasteiger charge is -2.04. The van der Waals surface area contributed by atoms with Crippen molar-refractivity contribution < 1.29 is 9.53 Å². The molecule has 114 valence electrons. The molecule has 0 saturated heterocycles. The summed E-state index contributed by atoms with van der Waals surface area (Å²) >= 11 is 0. The van der Waals surface area contributed by atoms with Gasteiger partial charge in [0.15, 0.2) is 0 Å². The molecule has 1 aromatic carbocycles. The van der Waals surface area contributed by atoms with Gasteiger partial charge < -0.3 is 10.1 Å². The number of hydrogen-bond donors (Lipinski definition) is 1. The molecular formula is C16H17N3O3. The van der Waals surface area contributed by atoms with E-state index >= 15 is 0 Å². The molecular weight excluding hydrogens is 282 g/mol. The summed E-state index contributed by atoms with van der Waals surface area (Å²) in [4.78, 5) is 23.1. The first-order valence-corrected chi connectivity index (χ1v) is 6.81. The number of methoxy groups -OCH3 is 1. The highest BCUT2D eigenvalue weighted by molar-refractivity contribution is 5.91. The van der Waals surface area contributed by atoms with Gasteiger partial charge in [-0.1, -0.05) is 12.1 Å². The third kappa shape index (κ3) is 4.59. The first kappa shape index (κ1) is 15.5. The fourth-order valence-electron chi connectivity index (χ4n) is 1.79. The number of carbonyl (C=O) groups is 1. The molecule has 1 aromatic heterocycles. The number of carbonyl (C=O) groups excluding carboxylic acids is 1. The van der Waals surface area contributed by atoms with E-state index in [1.165, 1.54) is 23.0 Å². The fourth-order valence-corrected chi connectivity index (χ4v) is 1.79. The molecule has 0 aliphatic carbocycles. The van der Waals surface area contributed by atoms with Crippen LogP contribution in [0.1, 0.15) is 5.56 Å². The van der Waals surface area contributed by atoms with Crippen molar-refractivity contribution in [2.75, 3.05) is 13.7 Å². The number of nitrogens with one attached hydrogen (secondary N) is 1. The van der Waals surface area contributed by atoms with Crippen molar-refractivity contribution in [3.05, 3.63) is 64.6 Å². The van der Waals surface area contributed by atoms with E-state index in [4.69, 9.17) is 4.74 Å². The van der Waals surface area contributed by atoms with Crippen LogP contribution in [0.5, 0.6) is 5.75 Å². The van der Waals surface area contributed by atoms with Gasteiger partial charge in [-0.15, -0.1) is 0 Å². The summed E-state index contributed by atoms with van der Waals surface area (Å²) in [6.07, 6.45) is 4.69. The molecule has 2 aromatic rings. The zero-order chi connectivity index (χ0) is 15.8. The maximum atomic E-state index is 11.7. The molecule has 0 aliphatic rings. The minimum atomic E-state index is -0.222. The second kappa shape index (κ2) is 7.78. The fraction of sp³-hybridized carbons (Fsp3) is 0.188. The van der Waals surface area contributed by atoms with E-state index < -0.39 is 0 Å². The lowest BCUT2D eigenvalue weighted by atomic mass is 10.2. The van der Waals surface area contributed by atoms with Crippen LogP contribution in [0.15, 0.2) is 53.5 Å². The van der Waals surface area contributed by atoms with Gasteiger partial charge in [-0.25, -0.2) is 4.68 Å². The normalized spacial score (nSPS) is 10.6. The maximum absolute atomic E-state index is 11.7. The lowest BCUT2D eigenvalue weighted by Crippen LogP contribution is -2.30. The van der Waals surface area contributed by atoms with Gasteiger partial charge in [0.25, 0.3) is 5.56 Å². The quantitative estimate of drug-likeness (QED) is 0.810. The number of hydrogen-bond acceptors (Lipinski definition) is 4. The van der Waals surface area contributed by atoms with Crippen LogP contribution in [0.25, 0.3) is 6.08 Å². The molecule has 1 amide bonds. The van der Waals surface area contributed by atoms with Crippen LogP contribution in [0.4, 0.5) is 0 Å².